The van der Waals surface area contributed by atoms with E-state index in [1.165, 1.54) is 16.4 Å². The zero-order valence-electron chi connectivity index (χ0n) is 10.9. The molecule has 96 valence electrons. The highest BCUT2D eigenvalue weighted by Gasteiger charge is 2.09. The maximum absolute atomic E-state index is 10.4. The number of carboxylic acids is 1. The molecule has 0 saturated carbocycles. The topological polar surface area (TPSA) is 55.1 Å². The van der Waals surface area contributed by atoms with E-state index in [4.69, 9.17) is 5.11 Å². The van der Waals surface area contributed by atoms with Gasteiger partial charge >= 0.3 is 5.97 Å². The number of aromatic carboxylic acids is 1. The molecular formula is C14H18N2O2. The first-order chi connectivity index (χ1) is 8.54. The van der Waals surface area contributed by atoms with Crippen LogP contribution in [0.2, 0.25) is 0 Å². The van der Waals surface area contributed by atoms with Crippen molar-refractivity contribution in [1.29, 1.82) is 0 Å². The van der Waals surface area contributed by atoms with E-state index in [1.54, 1.807) is 14.0 Å². The van der Waals surface area contributed by atoms with E-state index in [9.17, 15) is 4.79 Å². The molecule has 1 aromatic heterocycles. The Morgan fingerprint density at radius 1 is 1.33 bits per heavy atom. The van der Waals surface area contributed by atoms with Crippen molar-refractivity contribution in [2.75, 3.05) is 0 Å². The molecule has 1 aromatic carbocycles. The van der Waals surface area contributed by atoms with Crippen LogP contribution in [-0.4, -0.2) is 20.9 Å². The molecule has 1 N–H and O–H groups in total. The largest absolute Gasteiger partial charge is 0.478 e. The van der Waals surface area contributed by atoms with Crippen LogP contribution >= 0.6 is 0 Å². The minimum absolute atomic E-state index is 0.266. The van der Waals surface area contributed by atoms with Crippen molar-refractivity contribution in [3.8, 4) is 0 Å². The van der Waals surface area contributed by atoms with E-state index in [1.807, 2.05) is 6.07 Å². The molecule has 0 aliphatic heterocycles. The van der Waals surface area contributed by atoms with E-state index in [2.05, 4.69) is 36.3 Å². The van der Waals surface area contributed by atoms with Crippen molar-refractivity contribution in [3.63, 3.8) is 0 Å². The van der Waals surface area contributed by atoms with Crippen molar-refractivity contribution < 1.29 is 9.90 Å². The molecule has 0 spiro atoms. The summed E-state index contributed by atoms with van der Waals surface area (Å²) in [6, 6.07) is 10.5. The Kier molecular flexibility index (Phi) is 5.11. The first-order valence-electron chi connectivity index (χ1n) is 5.82. The normalized spacial score (nSPS) is 9.50. The lowest BCUT2D eigenvalue weighted by Crippen LogP contribution is -1.95. The Labute approximate surface area is 107 Å². The predicted molar refractivity (Wildman–Crippen MR) is 70.7 cm³/mol. The molecule has 0 aliphatic rings. The van der Waals surface area contributed by atoms with Crippen LogP contribution in [0.15, 0.2) is 36.5 Å². The molecule has 4 nitrogen and oxygen atoms in total. The number of aromatic nitrogens is 2. The SMILES string of the molecule is CCc1ccccc1.Cc1nn(C)cc1C(=O)O. The van der Waals surface area contributed by atoms with Crippen molar-refractivity contribution >= 4 is 5.97 Å². The van der Waals surface area contributed by atoms with Crippen LogP contribution in [0.1, 0.15) is 28.5 Å². The summed E-state index contributed by atoms with van der Waals surface area (Å²) >= 11 is 0. The standard InChI is InChI=1S/C8H10.C6H8N2O2/c1-2-8-6-4-3-5-7-8;1-4-5(6(9)10)3-8(2)7-4/h3-7H,2H2,1H3;3H,1-2H3,(H,9,10). The number of benzene rings is 1. The fourth-order valence-corrected chi connectivity index (χ4v) is 1.52. The third-order valence-electron chi connectivity index (χ3n) is 2.49. The van der Waals surface area contributed by atoms with E-state index in [-0.39, 0.29) is 5.56 Å². The maximum atomic E-state index is 10.4. The molecule has 0 aliphatic carbocycles. The minimum Gasteiger partial charge on any atom is -0.478 e. The zero-order valence-corrected chi connectivity index (χ0v) is 10.9. The fourth-order valence-electron chi connectivity index (χ4n) is 1.52. The summed E-state index contributed by atoms with van der Waals surface area (Å²) < 4.78 is 1.48. The molecule has 0 unspecified atom stereocenters. The lowest BCUT2D eigenvalue weighted by atomic mass is 10.2. The highest BCUT2D eigenvalue weighted by atomic mass is 16.4. The van der Waals surface area contributed by atoms with Crippen molar-refractivity contribution in [1.82, 2.24) is 9.78 Å². The number of aryl methyl sites for hydroxylation is 3. The molecule has 0 saturated heterocycles. The van der Waals surface area contributed by atoms with Crippen molar-refractivity contribution in [2.45, 2.75) is 20.3 Å². The smallest absolute Gasteiger partial charge is 0.339 e. The number of carboxylic acid groups (broad SMARTS) is 1. The number of nitrogens with zero attached hydrogens (tertiary/aromatic N) is 2. The van der Waals surface area contributed by atoms with Crippen LogP contribution in [-0.2, 0) is 13.5 Å². The number of carbonyl (C=O) groups is 1. The first kappa shape index (κ1) is 14.0. The summed E-state index contributed by atoms with van der Waals surface area (Å²) in [5.74, 6) is -0.925. The summed E-state index contributed by atoms with van der Waals surface area (Å²) in [7, 11) is 1.69. The Morgan fingerprint density at radius 2 is 1.94 bits per heavy atom. The van der Waals surface area contributed by atoms with Gasteiger partial charge in [-0.2, -0.15) is 5.10 Å². The summed E-state index contributed by atoms with van der Waals surface area (Å²) in [5.41, 5.74) is 2.23. The Morgan fingerprint density at radius 3 is 2.22 bits per heavy atom. The van der Waals surface area contributed by atoms with E-state index >= 15 is 0 Å². The molecule has 0 fully saturated rings. The number of hydrogen-bond acceptors (Lipinski definition) is 2. The lowest BCUT2D eigenvalue weighted by molar-refractivity contribution is 0.0696. The average molecular weight is 246 g/mol. The molecule has 0 amide bonds. The minimum atomic E-state index is -0.925. The van der Waals surface area contributed by atoms with Gasteiger partial charge in [0.25, 0.3) is 0 Å². The van der Waals surface area contributed by atoms with Crippen LogP contribution in [0.5, 0.6) is 0 Å². The Balaban J connectivity index is 0.000000184. The van der Waals surface area contributed by atoms with Crippen LogP contribution in [0.3, 0.4) is 0 Å². The van der Waals surface area contributed by atoms with E-state index in [0.29, 0.717) is 5.69 Å². The van der Waals surface area contributed by atoms with Crippen molar-refractivity contribution in [2.24, 2.45) is 7.05 Å². The molecule has 2 aromatic rings. The average Bonchev–Trinajstić information content (AvgIpc) is 2.70. The second kappa shape index (κ2) is 6.59. The third kappa shape index (κ3) is 4.05. The van der Waals surface area contributed by atoms with Gasteiger partial charge in [0.05, 0.1) is 5.69 Å². The summed E-state index contributed by atoms with van der Waals surface area (Å²) in [4.78, 5) is 10.4. The quantitative estimate of drug-likeness (QED) is 0.886. The second-order valence-corrected chi connectivity index (χ2v) is 3.95. The van der Waals surface area contributed by atoms with Gasteiger partial charge in [-0.1, -0.05) is 37.3 Å². The lowest BCUT2D eigenvalue weighted by Gasteiger charge is -1.89. The van der Waals surface area contributed by atoms with Gasteiger partial charge in [0.2, 0.25) is 0 Å². The van der Waals surface area contributed by atoms with Crippen molar-refractivity contribution in [3.05, 3.63) is 53.3 Å². The van der Waals surface area contributed by atoms with Crippen LogP contribution < -0.4 is 0 Å². The third-order valence-corrected chi connectivity index (χ3v) is 2.49. The number of rotatable bonds is 2. The fraction of sp³-hybridized carbons (Fsp3) is 0.286. The van der Waals surface area contributed by atoms with E-state index in [0.717, 1.165) is 6.42 Å². The predicted octanol–water partition coefficient (Wildman–Crippen LogP) is 2.68. The van der Waals surface area contributed by atoms with Crippen LogP contribution in [0, 0.1) is 6.92 Å². The summed E-state index contributed by atoms with van der Waals surface area (Å²) in [6.07, 6.45) is 2.62. The Hall–Kier alpha value is -2.10. The Bertz CT molecular complexity index is 504. The van der Waals surface area contributed by atoms with Gasteiger partial charge in [-0.25, -0.2) is 4.79 Å². The van der Waals surface area contributed by atoms with Gasteiger partial charge in [0.1, 0.15) is 5.56 Å². The molecule has 1 heterocycles. The highest BCUT2D eigenvalue weighted by molar-refractivity contribution is 5.88. The molecular weight excluding hydrogens is 228 g/mol. The highest BCUT2D eigenvalue weighted by Crippen LogP contribution is 2.02. The monoisotopic (exact) mass is 246 g/mol. The maximum Gasteiger partial charge on any atom is 0.339 e. The molecule has 18 heavy (non-hydrogen) atoms. The van der Waals surface area contributed by atoms with Gasteiger partial charge in [-0.3, -0.25) is 4.68 Å². The van der Waals surface area contributed by atoms with Crippen LogP contribution in [0.4, 0.5) is 0 Å². The van der Waals surface area contributed by atoms with Gasteiger partial charge in [0.15, 0.2) is 0 Å². The second-order valence-electron chi connectivity index (χ2n) is 3.95. The van der Waals surface area contributed by atoms with Crippen LogP contribution in [0.25, 0.3) is 0 Å². The molecule has 2 rings (SSSR count). The zero-order chi connectivity index (χ0) is 13.5. The molecule has 0 bridgehead atoms. The first-order valence-corrected chi connectivity index (χ1v) is 5.82. The van der Waals surface area contributed by atoms with Gasteiger partial charge in [0, 0.05) is 13.2 Å². The van der Waals surface area contributed by atoms with E-state index < -0.39 is 5.97 Å². The molecule has 4 heteroatoms. The summed E-state index contributed by atoms with van der Waals surface area (Å²) in [6.45, 7) is 3.83. The van der Waals surface area contributed by atoms with Gasteiger partial charge in [-0.05, 0) is 18.9 Å². The number of hydrogen-bond donors (Lipinski definition) is 1. The molecule has 0 radical (unpaired) electrons. The summed E-state index contributed by atoms with van der Waals surface area (Å²) in [5, 5.41) is 12.4. The molecule has 0 atom stereocenters. The van der Waals surface area contributed by atoms with Gasteiger partial charge < -0.3 is 5.11 Å². The van der Waals surface area contributed by atoms with Gasteiger partial charge in [-0.15, -0.1) is 0 Å².